The highest BCUT2D eigenvalue weighted by molar-refractivity contribution is 7.15. The highest BCUT2D eigenvalue weighted by Crippen LogP contribution is 2.21. The Kier molecular flexibility index (Phi) is 3.65. The van der Waals surface area contributed by atoms with Crippen molar-refractivity contribution in [1.29, 1.82) is 0 Å². The predicted molar refractivity (Wildman–Crippen MR) is 85.5 cm³/mol. The first-order chi connectivity index (χ1) is 9.65. The van der Waals surface area contributed by atoms with Crippen LogP contribution in [0.5, 0.6) is 0 Å². The molecule has 0 radical (unpaired) electrons. The molecule has 1 N–H and O–H groups in total. The molecule has 1 aromatic carbocycles. The number of imidazole rings is 1. The molecule has 0 aliphatic rings. The van der Waals surface area contributed by atoms with Gasteiger partial charge in [-0.1, -0.05) is 29.3 Å². The zero-order valence-electron chi connectivity index (χ0n) is 10.5. The van der Waals surface area contributed by atoms with Gasteiger partial charge >= 0.3 is 0 Å². The smallest absolute Gasteiger partial charge is 0.195 e. The lowest BCUT2D eigenvalue weighted by Crippen LogP contribution is -1.94. The molecule has 0 saturated heterocycles. The van der Waals surface area contributed by atoms with Crippen molar-refractivity contribution in [1.82, 2.24) is 9.38 Å². The Morgan fingerprint density at radius 1 is 1.40 bits per heavy atom. The summed E-state index contributed by atoms with van der Waals surface area (Å²) in [6.07, 6.45) is 3.55. The lowest BCUT2D eigenvalue weighted by atomic mass is 10.2. The van der Waals surface area contributed by atoms with Gasteiger partial charge in [0, 0.05) is 16.6 Å². The zero-order chi connectivity index (χ0) is 14.1. The van der Waals surface area contributed by atoms with Gasteiger partial charge in [-0.2, -0.15) is 5.10 Å². The fourth-order valence-electron chi connectivity index (χ4n) is 1.72. The second kappa shape index (κ2) is 5.44. The van der Waals surface area contributed by atoms with E-state index < -0.39 is 0 Å². The molecule has 0 unspecified atom stereocenters. The molecular formula is C13H10Cl2N4S. The van der Waals surface area contributed by atoms with E-state index in [1.54, 1.807) is 6.21 Å². The lowest BCUT2D eigenvalue weighted by molar-refractivity contribution is 1.21. The van der Waals surface area contributed by atoms with E-state index in [9.17, 15) is 0 Å². The van der Waals surface area contributed by atoms with E-state index in [-0.39, 0.29) is 0 Å². The van der Waals surface area contributed by atoms with Crippen LogP contribution in [0, 0.1) is 6.92 Å². The standard InChI is InChI=1S/C13H10Cl2N4S/c1-8-2-3-9(6-10(8)14)18-16-7-11-12(15)17-13-19(11)4-5-20-13/h2-7,18H,1H3. The molecule has 7 heteroatoms. The Labute approximate surface area is 129 Å². The lowest BCUT2D eigenvalue weighted by Gasteiger charge is -2.02. The summed E-state index contributed by atoms with van der Waals surface area (Å²) in [5, 5.41) is 7.25. The summed E-state index contributed by atoms with van der Waals surface area (Å²) < 4.78 is 1.89. The van der Waals surface area contributed by atoms with Crippen LogP contribution in [0.4, 0.5) is 5.69 Å². The van der Waals surface area contributed by atoms with Gasteiger partial charge in [0.15, 0.2) is 10.1 Å². The number of aryl methyl sites for hydroxylation is 1. The Hall–Kier alpha value is -1.56. The summed E-state index contributed by atoms with van der Waals surface area (Å²) in [6, 6.07) is 5.67. The second-order valence-corrected chi connectivity index (χ2v) is 5.82. The summed E-state index contributed by atoms with van der Waals surface area (Å²) in [6.45, 7) is 1.95. The van der Waals surface area contributed by atoms with E-state index in [4.69, 9.17) is 23.2 Å². The van der Waals surface area contributed by atoms with Crippen LogP contribution in [0.25, 0.3) is 4.96 Å². The minimum atomic E-state index is 0.435. The van der Waals surface area contributed by atoms with Crippen molar-refractivity contribution in [2.75, 3.05) is 5.43 Å². The molecule has 0 saturated carbocycles. The molecule has 102 valence electrons. The van der Waals surface area contributed by atoms with Crippen LogP contribution in [0.1, 0.15) is 11.3 Å². The van der Waals surface area contributed by atoms with Crippen LogP contribution in [0.15, 0.2) is 34.9 Å². The molecule has 0 aliphatic carbocycles. The first-order valence-corrected chi connectivity index (χ1v) is 7.45. The molecule has 0 spiro atoms. The molecular weight excluding hydrogens is 315 g/mol. The summed E-state index contributed by atoms with van der Waals surface area (Å²) >= 11 is 13.7. The number of rotatable bonds is 3. The highest BCUT2D eigenvalue weighted by atomic mass is 35.5. The molecule has 2 aromatic heterocycles. The Balaban J connectivity index is 1.82. The first-order valence-electron chi connectivity index (χ1n) is 5.81. The van der Waals surface area contributed by atoms with E-state index in [0.29, 0.717) is 10.2 Å². The summed E-state index contributed by atoms with van der Waals surface area (Å²) in [7, 11) is 0. The molecule has 2 heterocycles. The summed E-state index contributed by atoms with van der Waals surface area (Å²) in [5.41, 5.74) is 5.51. The molecule has 0 fully saturated rings. The molecule has 4 nitrogen and oxygen atoms in total. The van der Waals surface area contributed by atoms with Gasteiger partial charge in [0.25, 0.3) is 0 Å². The number of halogens is 2. The quantitative estimate of drug-likeness (QED) is 0.571. The Morgan fingerprint density at radius 3 is 3.05 bits per heavy atom. The number of hydrogen-bond acceptors (Lipinski definition) is 4. The number of thiazole rings is 1. The maximum Gasteiger partial charge on any atom is 0.195 e. The topological polar surface area (TPSA) is 41.7 Å². The number of nitrogens with one attached hydrogen (secondary N) is 1. The molecule has 3 aromatic rings. The van der Waals surface area contributed by atoms with Gasteiger partial charge in [-0.3, -0.25) is 9.83 Å². The normalized spacial score (nSPS) is 11.6. The Morgan fingerprint density at radius 2 is 2.25 bits per heavy atom. The number of anilines is 1. The van der Waals surface area contributed by atoms with Gasteiger partial charge in [0.2, 0.25) is 0 Å². The van der Waals surface area contributed by atoms with E-state index >= 15 is 0 Å². The van der Waals surface area contributed by atoms with Crippen LogP contribution in [0.2, 0.25) is 10.2 Å². The molecule has 0 bridgehead atoms. The van der Waals surface area contributed by atoms with Crippen molar-refractivity contribution < 1.29 is 0 Å². The third-order valence-electron chi connectivity index (χ3n) is 2.81. The van der Waals surface area contributed by atoms with Crippen LogP contribution in [0.3, 0.4) is 0 Å². The third kappa shape index (κ3) is 2.52. The molecule has 3 rings (SSSR count). The molecule has 0 amide bonds. The van der Waals surface area contributed by atoms with Crippen LogP contribution in [-0.4, -0.2) is 15.6 Å². The van der Waals surface area contributed by atoms with Crippen LogP contribution < -0.4 is 5.43 Å². The first kappa shape index (κ1) is 13.4. The fourth-order valence-corrected chi connectivity index (χ4v) is 2.89. The van der Waals surface area contributed by atoms with Crippen LogP contribution in [-0.2, 0) is 0 Å². The van der Waals surface area contributed by atoms with Crippen molar-refractivity contribution in [3.8, 4) is 0 Å². The number of nitrogens with zero attached hydrogens (tertiary/aromatic N) is 3. The highest BCUT2D eigenvalue weighted by Gasteiger charge is 2.08. The Bertz CT molecular complexity index is 791. The van der Waals surface area contributed by atoms with E-state index in [2.05, 4.69) is 15.5 Å². The maximum atomic E-state index is 6.07. The number of hydrazone groups is 1. The van der Waals surface area contributed by atoms with Gasteiger partial charge in [-0.15, -0.1) is 11.3 Å². The molecule has 20 heavy (non-hydrogen) atoms. The van der Waals surface area contributed by atoms with Gasteiger partial charge in [0.05, 0.1) is 11.9 Å². The number of benzene rings is 1. The third-order valence-corrected chi connectivity index (χ3v) is 4.25. The predicted octanol–water partition coefficient (Wildman–Crippen LogP) is 4.46. The number of aromatic nitrogens is 2. The number of fused-ring (bicyclic) bond motifs is 1. The van der Waals surface area contributed by atoms with Gasteiger partial charge in [-0.25, -0.2) is 4.98 Å². The average molecular weight is 325 g/mol. The van der Waals surface area contributed by atoms with Crippen molar-refractivity contribution >= 4 is 51.4 Å². The SMILES string of the molecule is Cc1ccc(NN=Cc2c(Cl)nc3sccn23)cc1Cl. The van der Waals surface area contributed by atoms with E-state index in [0.717, 1.165) is 21.9 Å². The minimum Gasteiger partial charge on any atom is -0.288 e. The van der Waals surface area contributed by atoms with E-state index in [1.165, 1.54) is 11.3 Å². The van der Waals surface area contributed by atoms with Gasteiger partial charge in [0.1, 0.15) is 5.69 Å². The van der Waals surface area contributed by atoms with Gasteiger partial charge < -0.3 is 0 Å². The van der Waals surface area contributed by atoms with Crippen molar-refractivity contribution in [2.24, 2.45) is 5.10 Å². The summed E-state index contributed by atoms with van der Waals surface area (Å²) in [4.78, 5) is 5.07. The minimum absolute atomic E-state index is 0.435. The second-order valence-electron chi connectivity index (χ2n) is 4.18. The molecule has 0 atom stereocenters. The monoisotopic (exact) mass is 324 g/mol. The van der Waals surface area contributed by atoms with Crippen LogP contribution >= 0.6 is 34.5 Å². The van der Waals surface area contributed by atoms with Crippen molar-refractivity contribution in [2.45, 2.75) is 6.92 Å². The zero-order valence-corrected chi connectivity index (χ0v) is 12.8. The summed E-state index contributed by atoms with van der Waals surface area (Å²) in [5.74, 6) is 0. The largest absolute Gasteiger partial charge is 0.288 e. The number of hydrogen-bond donors (Lipinski definition) is 1. The van der Waals surface area contributed by atoms with Gasteiger partial charge in [-0.05, 0) is 24.6 Å². The molecule has 0 aliphatic heterocycles. The average Bonchev–Trinajstić information content (AvgIpc) is 2.96. The maximum absolute atomic E-state index is 6.07. The fraction of sp³-hybridized carbons (Fsp3) is 0.0769. The van der Waals surface area contributed by atoms with Crippen molar-refractivity contribution in [3.63, 3.8) is 0 Å². The van der Waals surface area contributed by atoms with E-state index in [1.807, 2.05) is 41.1 Å². The van der Waals surface area contributed by atoms with Crippen molar-refractivity contribution in [3.05, 3.63) is 51.2 Å².